The minimum atomic E-state index is 0.751. The fourth-order valence-corrected chi connectivity index (χ4v) is 1.74. The number of aromatic nitrogens is 2. The van der Waals surface area contributed by atoms with Crippen LogP contribution in [0.2, 0.25) is 0 Å². The lowest BCUT2D eigenvalue weighted by Gasteiger charge is -2.05. The van der Waals surface area contributed by atoms with E-state index in [0.717, 1.165) is 38.1 Å². The highest BCUT2D eigenvalue weighted by Crippen LogP contribution is 2.10. The molecule has 2 rings (SSSR count). The summed E-state index contributed by atoms with van der Waals surface area (Å²) in [7, 11) is 0. The number of hydrogen-bond donors (Lipinski definition) is 2. The molecule has 0 saturated heterocycles. The van der Waals surface area contributed by atoms with Gasteiger partial charge in [-0.1, -0.05) is 12.1 Å². The predicted octanol–water partition coefficient (Wildman–Crippen LogP) is 0.975. The Kier molecular flexibility index (Phi) is 3.91. The molecule has 3 N–H and O–H groups in total. The number of para-hydroxylation sites is 2. The summed E-state index contributed by atoms with van der Waals surface area (Å²) in [4.78, 5) is 4.35. The molecule has 0 radical (unpaired) electrons. The quantitative estimate of drug-likeness (QED) is 0.710. The fraction of sp³-hybridized carbons (Fsp3) is 0.417. The molecule has 4 nitrogen and oxygen atoms in total. The van der Waals surface area contributed by atoms with Crippen molar-refractivity contribution in [3.05, 3.63) is 30.6 Å². The van der Waals surface area contributed by atoms with Crippen molar-refractivity contribution in [2.75, 3.05) is 19.6 Å². The van der Waals surface area contributed by atoms with E-state index in [1.807, 2.05) is 24.5 Å². The highest BCUT2D eigenvalue weighted by atomic mass is 15.1. The number of benzene rings is 1. The Bertz CT molecular complexity index is 435. The first-order valence-electron chi connectivity index (χ1n) is 5.72. The van der Waals surface area contributed by atoms with Crippen LogP contribution in [0.5, 0.6) is 0 Å². The largest absolute Gasteiger partial charge is 0.330 e. The average Bonchev–Trinajstić information content (AvgIpc) is 2.73. The number of nitrogens with one attached hydrogen (secondary N) is 1. The van der Waals surface area contributed by atoms with Crippen molar-refractivity contribution in [2.24, 2.45) is 5.73 Å². The first-order valence-corrected chi connectivity index (χ1v) is 5.72. The Hall–Kier alpha value is -1.39. The zero-order chi connectivity index (χ0) is 11.2. The van der Waals surface area contributed by atoms with Crippen LogP contribution in [0.4, 0.5) is 0 Å². The van der Waals surface area contributed by atoms with Crippen molar-refractivity contribution in [3.63, 3.8) is 0 Å². The summed E-state index contributed by atoms with van der Waals surface area (Å²) in [5, 5.41) is 3.36. The minimum Gasteiger partial charge on any atom is -0.330 e. The molecular formula is C12H18N4. The van der Waals surface area contributed by atoms with Crippen LogP contribution in [0.1, 0.15) is 6.42 Å². The summed E-state index contributed by atoms with van der Waals surface area (Å²) < 4.78 is 2.17. The van der Waals surface area contributed by atoms with E-state index in [4.69, 9.17) is 5.73 Å². The minimum absolute atomic E-state index is 0.751. The highest BCUT2D eigenvalue weighted by Gasteiger charge is 1.99. The highest BCUT2D eigenvalue weighted by molar-refractivity contribution is 5.74. The lowest BCUT2D eigenvalue weighted by atomic mass is 10.3. The van der Waals surface area contributed by atoms with Crippen LogP contribution >= 0.6 is 0 Å². The third kappa shape index (κ3) is 2.59. The summed E-state index contributed by atoms with van der Waals surface area (Å²) in [5.74, 6) is 0. The molecule has 0 saturated carbocycles. The van der Waals surface area contributed by atoms with Gasteiger partial charge in [-0.05, 0) is 31.6 Å². The summed E-state index contributed by atoms with van der Waals surface area (Å²) in [5.41, 5.74) is 7.68. The molecule has 1 heterocycles. The van der Waals surface area contributed by atoms with Crippen molar-refractivity contribution < 1.29 is 0 Å². The number of hydrogen-bond acceptors (Lipinski definition) is 3. The summed E-state index contributed by atoms with van der Waals surface area (Å²) in [6, 6.07) is 8.19. The summed E-state index contributed by atoms with van der Waals surface area (Å²) >= 11 is 0. The second kappa shape index (κ2) is 5.63. The van der Waals surface area contributed by atoms with E-state index in [2.05, 4.69) is 20.9 Å². The lowest BCUT2D eigenvalue weighted by Crippen LogP contribution is -2.22. The predicted molar refractivity (Wildman–Crippen MR) is 66.3 cm³/mol. The number of nitrogens with zero attached hydrogens (tertiary/aromatic N) is 2. The van der Waals surface area contributed by atoms with E-state index in [9.17, 15) is 0 Å². The van der Waals surface area contributed by atoms with Crippen LogP contribution in [0, 0.1) is 0 Å². The van der Waals surface area contributed by atoms with Crippen LogP contribution in [0.3, 0.4) is 0 Å². The number of imidazole rings is 1. The van der Waals surface area contributed by atoms with Gasteiger partial charge in [0.05, 0.1) is 17.4 Å². The lowest BCUT2D eigenvalue weighted by molar-refractivity contribution is 0.593. The maximum Gasteiger partial charge on any atom is 0.0958 e. The molecule has 0 amide bonds. The van der Waals surface area contributed by atoms with Gasteiger partial charge in [0.25, 0.3) is 0 Å². The van der Waals surface area contributed by atoms with Crippen molar-refractivity contribution in [1.29, 1.82) is 0 Å². The molecule has 0 fully saturated rings. The maximum absolute atomic E-state index is 5.42. The zero-order valence-corrected chi connectivity index (χ0v) is 9.39. The molecule has 0 aliphatic rings. The Morgan fingerprint density at radius 2 is 2.12 bits per heavy atom. The summed E-state index contributed by atoms with van der Waals surface area (Å²) in [6.45, 7) is 3.65. The molecule has 0 bridgehead atoms. The van der Waals surface area contributed by atoms with Gasteiger partial charge in [-0.25, -0.2) is 4.98 Å². The second-order valence-corrected chi connectivity index (χ2v) is 3.82. The molecule has 1 aromatic carbocycles. The van der Waals surface area contributed by atoms with Crippen LogP contribution in [-0.4, -0.2) is 29.2 Å². The Labute approximate surface area is 95.5 Å². The van der Waals surface area contributed by atoms with Crippen LogP contribution in [0.15, 0.2) is 30.6 Å². The molecule has 0 atom stereocenters. The average molecular weight is 218 g/mol. The van der Waals surface area contributed by atoms with Crippen molar-refractivity contribution >= 4 is 11.0 Å². The molecule has 1 aromatic heterocycles. The van der Waals surface area contributed by atoms with Crippen LogP contribution in [-0.2, 0) is 6.54 Å². The van der Waals surface area contributed by atoms with E-state index < -0.39 is 0 Å². The molecule has 16 heavy (non-hydrogen) atoms. The monoisotopic (exact) mass is 218 g/mol. The van der Waals surface area contributed by atoms with E-state index in [0.29, 0.717) is 0 Å². The molecule has 0 unspecified atom stereocenters. The molecule has 4 heteroatoms. The molecule has 0 spiro atoms. The number of rotatable bonds is 6. The van der Waals surface area contributed by atoms with Gasteiger partial charge in [-0.15, -0.1) is 0 Å². The van der Waals surface area contributed by atoms with Gasteiger partial charge in [0.2, 0.25) is 0 Å². The van der Waals surface area contributed by atoms with Crippen molar-refractivity contribution in [2.45, 2.75) is 13.0 Å². The van der Waals surface area contributed by atoms with Gasteiger partial charge < -0.3 is 15.6 Å². The molecule has 86 valence electrons. The molecule has 2 aromatic rings. The van der Waals surface area contributed by atoms with E-state index in [1.165, 1.54) is 5.52 Å². The molecule has 0 aliphatic heterocycles. The topological polar surface area (TPSA) is 55.9 Å². The Morgan fingerprint density at radius 3 is 3.00 bits per heavy atom. The Morgan fingerprint density at radius 1 is 1.25 bits per heavy atom. The second-order valence-electron chi connectivity index (χ2n) is 3.82. The smallest absolute Gasteiger partial charge is 0.0958 e. The first-order chi connectivity index (χ1) is 7.92. The van der Waals surface area contributed by atoms with Gasteiger partial charge in [0.1, 0.15) is 0 Å². The molecule has 0 aliphatic carbocycles. The van der Waals surface area contributed by atoms with Gasteiger partial charge in [0.15, 0.2) is 0 Å². The number of fused-ring (bicyclic) bond motifs is 1. The van der Waals surface area contributed by atoms with E-state index in [-0.39, 0.29) is 0 Å². The fourth-order valence-electron chi connectivity index (χ4n) is 1.74. The van der Waals surface area contributed by atoms with Gasteiger partial charge in [-0.3, -0.25) is 0 Å². The van der Waals surface area contributed by atoms with Gasteiger partial charge in [-0.2, -0.15) is 0 Å². The van der Waals surface area contributed by atoms with Crippen LogP contribution in [0.25, 0.3) is 11.0 Å². The maximum atomic E-state index is 5.42. The SMILES string of the molecule is NCCCNCCn1cnc2ccccc21. The van der Waals surface area contributed by atoms with E-state index >= 15 is 0 Å². The van der Waals surface area contributed by atoms with Gasteiger partial charge in [0, 0.05) is 13.1 Å². The first kappa shape index (κ1) is 11.1. The van der Waals surface area contributed by atoms with E-state index in [1.54, 1.807) is 0 Å². The van der Waals surface area contributed by atoms with Crippen LogP contribution < -0.4 is 11.1 Å². The Balaban J connectivity index is 1.89. The molecular weight excluding hydrogens is 200 g/mol. The zero-order valence-electron chi connectivity index (χ0n) is 9.39. The number of nitrogens with two attached hydrogens (primary N) is 1. The third-order valence-electron chi connectivity index (χ3n) is 2.61. The van der Waals surface area contributed by atoms with Crippen molar-refractivity contribution in [3.8, 4) is 0 Å². The summed E-state index contributed by atoms with van der Waals surface area (Å²) in [6.07, 6.45) is 2.93. The standard InChI is InChI=1S/C12H18N4/c13-6-3-7-14-8-9-16-10-15-11-4-1-2-5-12(11)16/h1-2,4-5,10,14H,3,6-9,13H2. The van der Waals surface area contributed by atoms with Gasteiger partial charge >= 0.3 is 0 Å². The normalized spacial score (nSPS) is 11.1. The van der Waals surface area contributed by atoms with Crippen molar-refractivity contribution in [1.82, 2.24) is 14.9 Å². The third-order valence-corrected chi connectivity index (χ3v) is 2.61.